The van der Waals surface area contributed by atoms with E-state index in [2.05, 4.69) is 132 Å². The summed E-state index contributed by atoms with van der Waals surface area (Å²) in [6.07, 6.45) is 9.11. The van der Waals surface area contributed by atoms with Crippen LogP contribution in [0.1, 0.15) is 63.0 Å². The van der Waals surface area contributed by atoms with Gasteiger partial charge >= 0.3 is 21.1 Å². The van der Waals surface area contributed by atoms with E-state index in [1.54, 1.807) is 0 Å². The maximum absolute atomic E-state index is 5.31. The van der Waals surface area contributed by atoms with Crippen molar-refractivity contribution in [3.05, 3.63) is 97.1 Å². The van der Waals surface area contributed by atoms with Crippen LogP contribution in [0, 0.1) is 0 Å². The Balaban J connectivity index is 0.00000256. The molecule has 9 rings (SSSR count). The van der Waals surface area contributed by atoms with E-state index >= 15 is 0 Å². The quantitative estimate of drug-likeness (QED) is 0.150. The Morgan fingerprint density at radius 1 is 0.561 bits per heavy atom. The van der Waals surface area contributed by atoms with Crippen molar-refractivity contribution in [3.8, 4) is 11.4 Å². The predicted molar refractivity (Wildman–Crippen MR) is 162 cm³/mol. The Labute approximate surface area is 252 Å². The molecule has 4 aliphatic rings. The summed E-state index contributed by atoms with van der Waals surface area (Å²) in [7, 11) is 0. The SMILES string of the molecule is CC1c2cc3c4ccccc4c4cc([n-]c4c3[n-]2)C(C)C(C)n2cc3c4ccccc4c4cn([cH-]n-4n-3[cH-]2)C1C.[Pt+4]. The monoisotopic (exact) mass is 717 g/mol. The van der Waals surface area contributed by atoms with Gasteiger partial charge in [0, 0.05) is 12.1 Å². The first-order valence-electron chi connectivity index (χ1n) is 14.3. The largest absolute Gasteiger partial charge is 4.00 e. The summed E-state index contributed by atoms with van der Waals surface area (Å²) in [5, 5.41) is 7.44. The Morgan fingerprint density at radius 2 is 0.951 bits per heavy atom. The molecule has 0 amide bonds. The van der Waals surface area contributed by atoms with E-state index in [0.29, 0.717) is 0 Å². The number of nitrogens with zero attached hydrogens (tertiary/aromatic N) is 6. The number of benzene rings is 3. The predicted octanol–water partition coefficient (Wildman–Crippen LogP) is 7.88. The minimum Gasteiger partial charge on any atom is -0.661 e. The van der Waals surface area contributed by atoms with Crippen LogP contribution in [0.5, 0.6) is 0 Å². The maximum Gasteiger partial charge on any atom is 4.00 e. The first kappa shape index (κ1) is 24.9. The maximum atomic E-state index is 5.31. The fourth-order valence-electron chi connectivity index (χ4n) is 7.03. The fourth-order valence-corrected chi connectivity index (χ4v) is 7.03. The molecule has 4 unspecified atom stereocenters. The topological polar surface area (TPSA) is 47.9 Å². The molecule has 7 heteroatoms. The molecule has 8 bridgehead atoms. The van der Waals surface area contributed by atoms with E-state index in [-0.39, 0.29) is 45.0 Å². The van der Waals surface area contributed by atoms with Crippen LogP contribution in [0.4, 0.5) is 0 Å². The molecular formula is C34H30N6Pt. The standard InChI is InChI=1S/C34H30N6.Pt/c1-19-21(3)37-15-31-25-11-7-8-12-26(25)32-16-38(18-40(32)39(31)17-37)22(4)20(2)30-14-28-24-10-6-5-9-23(24)27-13-29(19)35-33(27)34(28)36-30;/h5-22H,1-4H3;/q-4;+4. The number of hydrogen-bond acceptors (Lipinski definition) is 0. The fraction of sp³-hybridized carbons (Fsp3) is 0.235. The van der Waals surface area contributed by atoms with Gasteiger partial charge in [0.15, 0.2) is 0 Å². The molecular weight excluding hydrogens is 687 g/mol. The average molecular weight is 718 g/mol. The van der Waals surface area contributed by atoms with Gasteiger partial charge in [0.2, 0.25) is 0 Å². The van der Waals surface area contributed by atoms with Gasteiger partial charge in [-0.3, -0.25) is 0 Å². The molecule has 3 aromatic carbocycles. The molecule has 206 valence electrons. The molecule has 2 aromatic heterocycles. The third-order valence-corrected chi connectivity index (χ3v) is 9.86. The molecule has 0 N–H and O–H groups in total. The van der Waals surface area contributed by atoms with Crippen molar-refractivity contribution in [2.75, 3.05) is 0 Å². The molecule has 0 aliphatic carbocycles. The number of rotatable bonds is 0. The normalized spacial score (nSPS) is 21.0. The number of imidazole rings is 2. The number of fused-ring (bicyclic) bond motifs is 10. The second kappa shape index (κ2) is 8.56. The second-order valence-electron chi connectivity index (χ2n) is 11.9. The molecule has 0 radical (unpaired) electrons. The Bertz CT molecular complexity index is 2050. The van der Waals surface area contributed by atoms with Crippen LogP contribution in [0.2, 0.25) is 0 Å². The average Bonchev–Trinajstić information content (AvgIpc) is 3.78. The minimum atomic E-state index is 0. The molecule has 0 spiro atoms. The minimum absolute atomic E-state index is 0. The summed E-state index contributed by atoms with van der Waals surface area (Å²) in [4.78, 5) is 10.6. The van der Waals surface area contributed by atoms with Crippen molar-refractivity contribution >= 4 is 43.4 Å². The summed E-state index contributed by atoms with van der Waals surface area (Å²) in [6, 6.07) is 22.5. The molecule has 0 saturated carbocycles. The summed E-state index contributed by atoms with van der Waals surface area (Å²) >= 11 is 0. The molecule has 0 fully saturated rings. The summed E-state index contributed by atoms with van der Waals surface area (Å²) in [5.74, 6) is 0.419. The molecule has 4 atom stereocenters. The van der Waals surface area contributed by atoms with E-state index in [1.807, 2.05) is 0 Å². The van der Waals surface area contributed by atoms with Crippen LogP contribution in [0.25, 0.3) is 54.7 Å². The molecule has 6 nitrogen and oxygen atoms in total. The van der Waals surface area contributed by atoms with E-state index in [4.69, 9.17) is 9.97 Å². The van der Waals surface area contributed by atoms with Crippen LogP contribution >= 0.6 is 0 Å². The zero-order valence-electron chi connectivity index (χ0n) is 23.4. The summed E-state index contributed by atoms with van der Waals surface area (Å²) in [6.45, 7) is 9.21. The van der Waals surface area contributed by atoms with Crippen LogP contribution in [-0.2, 0) is 21.1 Å². The molecule has 6 heterocycles. The van der Waals surface area contributed by atoms with Crippen molar-refractivity contribution in [2.24, 2.45) is 0 Å². The van der Waals surface area contributed by atoms with Crippen molar-refractivity contribution < 1.29 is 21.1 Å². The third-order valence-electron chi connectivity index (χ3n) is 9.86. The molecule has 41 heavy (non-hydrogen) atoms. The van der Waals surface area contributed by atoms with Crippen molar-refractivity contribution in [2.45, 2.75) is 51.6 Å². The first-order valence-corrected chi connectivity index (χ1v) is 14.3. The number of aromatic nitrogens is 6. The van der Waals surface area contributed by atoms with E-state index in [1.165, 1.54) is 43.7 Å². The van der Waals surface area contributed by atoms with Gasteiger partial charge in [-0.15, -0.1) is 23.4 Å². The molecule has 0 saturated heterocycles. The summed E-state index contributed by atoms with van der Waals surface area (Å²) < 4.78 is 9.32. The van der Waals surface area contributed by atoms with E-state index in [0.717, 1.165) is 22.4 Å². The zero-order valence-corrected chi connectivity index (χ0v) is 25.7. The van der Waals surface area contributed by atoms with Gasteiger partial charge in [-0.05, 0) is 59.9 Å². The Hall–Kier alpha value is -3.89. The van der Waals surface area contributed by atoms with Gasteiger partial charge in [-0.2, -0.15) is 11.4 Å². The van der Waals surface area contributed by atoms with Crippen molar-refractivity contribution in [1.29, 1.82) is 0 Å². The van der Waals surface area contributed by atoms with Gasteiger partial charge in [0.1, 0.15) is 0 Å². The first-order chi connectivity index (χ1) is 19.5. The van der Waals surface area contributed by atoms with Gasteiger partial charge in [0.05, 0.1) is 0 Å². The van der Waals surface area contributed by atoms with E-state index < -0.39 is 0 Å². The Morgan fingerprint density at radius 3 is 1.37 bits per heavy atom. The second-order valence-corrected chi connectivity index (χ2v) is 11.9. The van der Waals surface area contributed by atoms with Crippen LogP contribution in [0.3, 0.4) is 0 Å². The van der Waals surface area contributed by atoms with Crippen LogP contribution < -0.4 is 9.97 Å². The van der Waals surface area contributed by atoms with Crippen LogP contribution in [-0.4, -0.2) is 18.5 Å². The zero-order chi connectivity index (χ0) is 26.9. The number of hydrogen-bond donors (Lipinski definition) is 0. The smallest absolute Gasteiger partial charge is 0.661 e. The van der Waals surface area contributed by atoms with Gasteiger partial charge in [0.25, 0.3) is 0 Å². The molecule has 4 aliphatic heterocycles. The van der Waals surface area contributed by atoms with Gasteiger partial charge < -0.3 is 28.5 Å². The van der Waals surface area contributed by atoms with Crippen molar-refractivity contribution in [1.82, 2.24) is 28.5 Å². The van der Waals surface area contributed by atoms with Gasteiger partial charge in [-0.25, -0.2) is 0 Å². The van der Waals surface area contributed by atoms with Crippen molar-refractivity contribution in [3.63, 3.8) is 0 Å². The molecule has 5 aromatic rings. The Kier molecular flexibility index (Phi) is 5.19. The third kappa shape index (κ3) is 3.23. The van der Waals surface area contributed by atoms with Gasteiger partial charge in [-0.1, -0.05) is 96.7 Å². The summed E-state index contributed by atoms with van der Waals surface area (Å²) in [5.41, 5.74) is 6.69. The van der Waals surface area contributed by atoms with E-state index in [9.17, 15) is 0 Å². The van der Waals surface area contributed by atoms with Crippen LogP contribution in [0.15, 0.2) is 85.7 Å².